The molecule has 4 heteroatoms. The summed E-state index contributed by atoms with van der Waals surface area (Å²) in [5.74, 6) is 0.421. The molecule has 2 aromatic carbocycles. The van der Waals surface area contributed by atoms with E-state index < -0.39 is 0 Å². The molecule has 0 saturated carbocycles. The average Bonchev–Trinajstić information content (AvgIpc) is 2.63. The predicted molar refractivity (Wildman–Crippen MR) is 96.0 cm³/mol. The maximum atomic E-state index is 12.2. The summed E-state index contributed by atoms with van der Waals surface area (Å²) < 4.78 is 16.4. The number of rotatable bonds is 7. The molecule has 0 spiro atoms. The number of esters is 1. The number of benzene rings is 2. The lowest BCUT2D eigenvalue weighted by atomic mass is 9.96. The first-order valence-electron chi connectivity index (χ1n) is 8.67. The van der Waals surface area contributed by atoms with Crippen molar-refractivity contribution >= 4 is 5.97 Å². The van der Waals surface area contributed by atoms with Crippen LogP contribution in [0, 0.1) is 6.92 Å². The minimum Gasteiger partial charge on any atom is -0.497 e. The number of hydrogen-bond acceptors (Lipinski definition) is 4. The summed E-state index contributed by atoms with van der Waals surface area (Å²) in [6.45, 7) is 3.36. The van der Waals surface area contributed by atoms with E-state index in [1.807, 2.05) is 12.1 Å². The molecule has 0 amide bonds. The van der Waals surface area contributed by atoms with Crippen molar-refractivity contribution in [3.05, 3.63) is 64.7 Å². The van der Waals surface area contributed by atoms with Crippen LogP contribution in [0.4, 0.5) is 0 Å². The van der Waals surface area contributed by atoms with Gasteiger partial charge < -0.3 is 14.2 Å². The number of ether oxygens (including phenoxy) is 3. The molecule has 0 bridgehead atoms. The largest absolute Gasteiger partial charge is 0.497 e. The first-order chi connectivity index (χ1) is 12.2. The van der Waals surface area contributed by atoms with Gasteiger partial charge in [-0.05, 0) is 43.0 Å². The second-order valence-electron chi connectivity index (χ2n) is 6.43. The maximum absolute atomic E-state index is 12.2. The highest BCUT2D eigenvalue weighted by molar-refractivity contribution is 5.92. The molecule has 0 aliphatic carbocycles. The third kappa shape index (κ3) is 4.60. The van der Waals surface area contributed by atoms with Crippen LogP contribution < -0.4 is 4.74 Å². The SMILES string of the molecule is COc1ccc2c(c1)C(=O)OC(CCCOCc1ccc(C)cc1)C2. The van der Waals surface area contributed by atoms with Crippen LogP contribution in [-0.2, 0) is 22.5 Å². The van der Waals surface area contributed by atoms with Gasteiger partial charge in [0, 0.05) is 13.0 Å². The van der Waals surface area contributed by atoms with E-state index in [9.17, 15) is 4.79 Å². The Balaban J connectivity index is 1.43. The summed E-state index contributed by atoms with van der Waals surface area (Å²) in [4.78, 5) is 12.2. The summed E-state index contributed by atoms with van der Waals surface area (Å²) in [5, 5.41) is 0. The van der Waals surface area contributed by atoms with Crippen LogP contribution in [0.15, 0.2) is 42.5 Å². The second-order valence-corrected chi connectivity index (χ2v) is 6.43. The monoisotopic (exact) mass is 340 g/mol. The molecule has 1 aliphatic heterocycles. The van der Waals surface area contributed by atoms with Crippen molar-refractivity contribution in [1.82, 2.24) is 0 Å². The van der Waals surface area contributed by atoms with Gasteiger partial charge in [-0.25, -0.2) is 4.79 Å². The van der Waals surface area contributed by atoms with Crippen LogP contribution in [0.1, 0.15) is 39.9 Å². The van der Waals surface area contributed by atoms with Crippen LogP contribution in [0.5, 0.6) is 5.75 Å². The Kier molecular flexibility index (Phi) is 5.71. The molecule has 4 nitrogen and oxygen atoms in total. The van der Waals surface area contributed by atoms with Gasteiger partial charge in [0.25, 0.3) is 0 Å². The van der Waals surface area contributed by atoms with Crippen LogP contribution in [0.25, 0.3) is 0 Å². The molecular formula is C21H24O4. The van der Waals surface area contributed by atoms with Gasteiger partial charge >= 0.3 is 5.97 Å². The molecule has 3 rings (SSSR count). The molecule has 1 unspecified atom stereocenters. The second kappa shape index (κ2) is 8.17. The molecule has 1 atom stereocenters. The third-order valence-electron chi connectivity index (χ3n) is 4.46. The highest BCUT2D eigenvalue weighted by atomic mass is 16.5. The lowest BCUT2D eigenvalue weighted by molar-refractivity contribution is 0.0200. The molecule has 0 fully saturated rings. The molecule has 2 aromatic rings. The summed E-state index contributed by atoms with van der Waals surface area (Å²) in [6, 6.07) is 13.9. The lowest BCUT2D eigenvalue weighted by Crippen LogP contribution is -2.28. The van der Waals surface area contributed by atoms with Gasteiger partial charge in [0.15, 0.2) is 0 Å². The minimum atomic E-state index is -0.259. The van der Waals surface area contributed by atoms with Crippen LogP contribution >= 0.6 is 0 Å². The van der Waals surface area contributed by atoms with E-state index in [2.05, 4.69) is 31.2 Å². The first kappa shape index (κ1) is 17.5. The number of hydrogen-bond donors (Lipinski definition) is 0. The first-order valence-corrected chi connectivity index (χ1v) is 8.67. The zero-order valence-corrected chi connectivity index (χ0v) is 14.8. The van der Waals surface area contributed by atoms with Crippen molar-refractivity contribution in [2.75, 3.05) is 13.7 Å². The molecular weight excluding hydrogens is 316 g/mol. The fraction of sp³-hybridized carbons (Fsp3) is 0.381. The van der Waals surface area contributed by atoms with Gasteiger partial charge in [-0.15, -0.1) is 0 Å². The summed E-state index contributed by atoms with van der Waals surface area (Å²) in [7, 11) is 1.59. The Hall–Kier alpha value is -2.33. The predicted octanol–water partition coefficient (Wildman–Crippen LogP) is 4.08. The van der Waals surface area contributed by atoms with Gasteiger partial charge in [0.1, 0.15) is 11.9 Å². The number of carbonyl (C=O) groups is 1. The maximum Gasteiger partial charge on any atom is 0.338 e. The van der Waals surface area contributed by atoms with E-state index in [4.69, 9.17) is 14.2 Å². The Labute approximate surface area is 148 Å². The van der Waals surface area contributed by atoms with Crippen molar-refractivity contribution < 1.29 is 19.0 Å². The van der Waals surface area contributed by atoms with Crippen molar-refractivity contribution in [3.8, 4) is 5.75 Å². The zero-order valence-electron chi connectivity index (χ0n) is 14.8. The zero-order chi connectivity index (χ0) is 17.6. The van der Waals surface area contributed by atoms with Crippen molar-refractivity contribution in [1.29, 1.82) is 0 Å². The smallest absolute Gasteiger partial charge is 0.338 e. The Morgan fingerprint density at radius 2 is 1.96 bits per heavy atom. The molecule has 0 radical (unpaired) electrons. The highest BCUT2D eigenvalue weighted by Crippen LogP contribution is 2.26. The molecule has 25 heavy (non-hydrogen) atoms. The fourth-order valence-electron chi connectivity index (χ4n) is 3.00. The Morgan fingerprint density at radius 3 is 2.72 bits per heavy atom. The summed E-state index contributed by atoms with van der Waals surface area (Å²) in [5.41, 5.74) is 4.08. The average molecular weight is 340 g/mol. The summed E-state index contributed by atoms with van der Waals surface area (Å²) in [6.07, 6.45) is 2.36. The lowest BCUT2D eigenvalue weighted by Gasteiger charge is -2.25. The molecule has 132 valence electrons. The minimum absolute atomic E-state index is 0.0728. The third-order valence-corrected chi connectivity index (χ3v) is 4.46. The van der Waals surface area contributed by atoms with Gasteiger partial charge in [-0.2, -0.15) is 0 Å². The molecule has 0 aromatic heterocycles. The normalized spacial score (nSPS) is 16.2. The van der Waals surface area contributed by atoms with E-state index in [1.54, 1.807) is 13.2 Å². The molecule has 1 heterocycles. The summed E-state index contributed by atoms with van der Waals surface area (Å²) >= 11 is 0. The molecule has 1 aliphatic rings. The van der Waals surface area contributed by atoms with E-state index in [-0.39, 0.29) is 12.1 Å². The fourth-order valence-corrected chi connectivity index (χ4v) is 3.00. The number of cyclic esters (lactones) is 1. The van der Waals surface area contributed by atoms with Crippen molar-refractivity contribution in [2.24, 2.45) is 0 Å². The number of fused-ring (bicyclic) bond motifs is 1. The van der Waals surface area contributed by atoms with Gasteiger partial charge in [-0.1, -0.05) is 35.9 Å². The van der Waals surface area contributed by atoms with E-state index >= 15 is 0 Å². The number of carbonyl (C=O) groups excluding carboxylic acids is 1. The molecule has 0 saturated heterocycles. The van der Waals surface area contributed by atoms with E-state index in [1.165, 1.54) is 11.1 Å². The number of methoxy groups -OCH3 is 1. The molecule has 0 N–H and O–H groups in total. The van der Waals surface area contributed by atoms with E-state index in [0.717, 1.165) is 24.8 Å². The van der Waals surface area contributed by atoms with Crippen LogP contribution in [0.2, 0.25) is 0 Å². The topological polar surface area (TPSA) is 44.8 Å². The van der Waals surface area contributed by atoms with Gasteiger partial charge in [0.05, 0.1) is 19.3 Å². The van der Waals surface area contributed by atoms with Gasteiger partial charge in [-0.3, -0.25) is 0 Å². The van der Waals surface area contributed by atoms with Crippen LogP contribution in [0.3, 0.4) is 0 Å². The van der Waals surface area contributed by atoms with E-state index in [0.29, 0.717) is 24.5 Å². The quantitative estimate of drug-likeness (QED) is 0.563. The van der Waals surface area contributed by atoms with Crippen LogP contribution in [-0.4, -0.2) is 25.8 Å². The Bertz CT molecular complexity index is 721. The standard InChI is InChI=1S/C21H24O4/c1-15-5-7-16(8-6-15)14-24-11-3-4-19-12-17-9-10-18(23-2)13-20(17)21(22)25-19/h5-10,13,19H,3-4,11-12,14H2,1-2H3. The van der Waals surface area contributed by atoms with Gasteiger partial charge in [0.2, 0.25) is 0 Å². The Morgan fingerprint density at radius 1 is 1.16 bits per heavy atom. The van der Waals surface area contributed by atoms with Crippen molar-refractivity contribution in [2.45, 2.75) is 38.9 Å². The number of aryl methyl sites for hydroxylation is 1. The highest BCUT2D eigenvalue weighted by Gasteiger charge is 2.26. The van der Waals surface area contributed by atoms with Crippen molar-refractivity contribution in [3.63, 3.8) is 0 Å².